The summed E-state index contributed by atoms with van der Waals surface area (Å²) in [6.45, 7) is 10.7. The molecule has 0 amide bonds. The van der Waals surface area contributed by atoms with Crippen LogP contribution in [0.1, 0.15) is 40.4 Å². The predicted molar refractivity (Wildman–Crippen MR) is 68.6 cm³/mol. The summed E-state index contributed by atoms with van der Waals surface area (Å²) >= 11 is 0. The molecule has 0 aliphatic carbocycles. The molecule has 0 bridgehead atoms. The lowest BCUT2D eigenvalue weighted by atomic mass is 10.1. The Morgan fingerprint density at radius 2 is 2.18 bits per heavy atom. The number of hydrogen-bond donors (Lipinski definition) is 2. The van der Waals surface area contributed by atoms with Gasteiger partial charge < -0.3 is 11.1 Å². The predicted octanol–water partition coefficient (Wildman–Crippen LogP) is 0.846. The fraction of sp³-hybridized carbons (Fsp3) is 0.727. The van der Waals surface area contributed by atoms with Crippen molar-refractivity contribution in [3.05, 3.63) is 12.2 Å². The molecule has 0 radical (unpaired) electrons. The highest BCUT2D eigenvalue weighted by Gasteiger charge is 2.17. The van der Waals surface area contributed by atoms with Crippen LogP contribution in [0.4, 0.5) is 0 Å². The Balaban J connectivity index is 2.73. The molecule has 1 heterocycles. The Kier molecular flexibility index (Phi) is 4.09. The van der Waals surface area contributed by atoms with E-state index in [1.54, 1.807) is 6.33 Å². The van der Waals surface area contributed by atoms with Gasteiger partial charge in [0.25, 0.3) is 0 Å². The van der Waals surface area contributed by atoms with E-state index in [4.69, 9.17) is 5.73 Å². The first-order valence-corrected chi connectivity index (χ1v) is 5.76. The molecule has 0 atom stereocenters. The van der Waals surface area contributed by atoms with Crippen LogP contribution in [-0.4, -0.2) is 26.8 Å². The Morgan fingerprint density at radius 3 is 2.71 bits per heavy atom. The third-order valence-electron chi connectivity index (χ3n) is 2.08. The number of nitrogens with two attached hydrogens (primary N) is 1. The zero-order chi connectivity index (χ0) is 13.1. The molecule has 0 aliphatic rings. The van der Waals surface area contributed by atoms with Crippen LogP contribution in [0.3, 0.4) is 0 Å². The van der Waals surface area contributed by atoms with Crippen molar-refractivity contribution >= 4 is 5.96 Å². The lowest BCUT2D eigenvalue weighted by molar-refractivity contribution is 0.341. The van der Waals surface area contributed by atoms with E-state index in [0.29, 0.717) is 12.5 Å². The van der Waals surface area contributed by atoms with Gasteiger partial charge >= 0.3 is 0 Å². The first kappa shape index (κ1) is 13.5. The maximum atomic E-state index is 5.73. The fourth-order valence-corrected chi connectivity index (χ4v) is 1.43. The Labute approximate surface area is 102 Å². The summed E-state index contributed by atoms with van der Waals surface area (Å²) in [6.07, 6.45) is 1.54. The summed E-state index contributed by atoms with van der Waals surface area (Å²) < 4.78 is 1.86. The van der Waals surface area contributed by atoms with E-state index >= 15 is 0 Å². The zero-order valence-corrected chi connectivity index (χ0v) is 11.2. The smallest absolute Gasteiger partial charge is 0.189 e. The van der Waals surface area contributed by atoms with Crippen molar-refractivity contribution in [1.29, 1.82) is 0 Å². The quantitative estimate of drug-likeness (QED) is 0.604. The van der Waals surface area contributed by atoms with E-state index in [-0.39, 0.29) is 11.6 Å². The van der Waals surface area contributed by atoms with Crippen molar-refractivity contribution < 1.29 is 0 Å². The summed E-state index contributed by atoms with van der Waals surface area (Å²) in [5, 5.41) is 7.24. The van der Waals surface area contributed by atoms with Gasteiger partial charge in [-0.15, -0.1) is 0 Å². The van der Waals surface area contributed by atoms with Crippen LogP contribution in [0.5, 0.6) is 0 Å². The summed E-state index contributed by atoms with van der Waals surface area (Å²) in [5.41, 5.74) is 5.64. The molecule has 0 aliphatic heterocycles. The SMILES string of the molecule is CC(C)NC(N)=NCc1ncnn1C(C)(C)C. The van der Waals surface area contributed by atoms with Crippen LogP contribution in [0.25, 0.3) is 0 Å². The molecule has 0 fully saturated rings. The van der Waals surface area contributed by atoms with Crippen LogP contribution in [0.2, 0.25) is 0 Å². The maximum Gasteiger partial charge on any atom is 0.189 e. The van der Waals surface area contributed by atoms with E-state index in [1.807, 2.05) is 18.5 Å². The van der Waals surface area contributed by atoms with Crippen molar-refractivity contribution in [2.24, 2.45) is 10.7 Å². The number of nitrogens with one attached hydrogen (secondary N) is 1. The largest absolute Gasteiger partial charge is 0.370 e. The lowest BCUT2D eigenvalue weighted by Gasteiger charge is -2.20. The summed E-state index contributed by atoms with van der Waals surface area (Å²) in [7, 11) is 0. The van der Waals surface area contributed by atoms with Crippen LogP contribution in [0, 0.1) is 0 Å². The highest BCUT2D eigenvalue weighted by Crippen LogP contribution is 2.14. The molecule has 96 valence electrons. The highest BCUT2D eigenvalue weighted by molar-refractivity contribution is 5.77. The number of nitrogens with zero attached hydrogens (tertiary/aromatic N) is 4. The molecular weight excluding hydrogens is 216 g/mol. The molecule has 0 spiro atoms. The van der Waals surface area contributed by atoms with Crippen LogP contribution in [0.15, 0.2) is 11.3 Å². The van der Waals surface area contributed by atoms with Crippen LogP contribution in [-0.2, 0) is 12.1 Å². The molecule has 1 aromatic heterocycles. The van der Waals surface area contributed by atoms with Gasteiger partial charge in [-0.05, 0) is 34.6 Å². The Bertz CT molecular complexity index is 385. The zero-order valence-electron chi connectivity index (χ0n) is 11.2. The van der Waals surface area contributed by atoms with E-state index in [9.17, 15) is 0 Å². The van der Waals surface area contributed by atoms with Crippen molar-refractivity contribution in [1.82, 2.24) is 20.1 Å². The summed E-state index contributed by atoms with van der Waals surface area (Å²) in [4.78, 5) is 8.44. The maximum absolute atomic E-state index is 5.73. The third-order valence-corrected chi connectivity index (χ3v) is 2.08. The average Bonchev–Trinajstić information content (AvgIpc) is 2.60. The minimum absolute atomic E-state index is 0.0956. The van der Waals surface area contributed by atoms with Gasteiger partial charge in [0.15, 0.2) is 5.96 Å². The fourth-order valence-electron chi connectivity index (χ4n) is 1.43. The van der Waals surface area contributed by atoms with E-state index in [0.717, 1.165) is 5.82 Å². The van der Waals surface area contributed by atoms with Gasteiger partial charge in [0, 0.05) is 6.04 Å². The number of guanidine groups is 1. The molecule has 17 heavy (non-hydrogen) atoms. The van der Waals surface area contributed by atoms with Gasteiger partial charge in [0.05, 0.1) is 5.54 Å². The van der Waals surface area contributed by atoms with Gasteiger partial charge in [0.1, 0.15) is 18.7 Å². The standard InChI is InChI=1S/C11H22N6/c1-8(2)16-10(12)13-6-9-14-7-15-17(9)11(3,4)5/h7-8H,6H2,1-5H3,(H3,12,13,16). The van der Waals surface area contributed by atoms with E-state index in [1.165, 1.54) is 0 Å². The molecule has 6 nitrogen and oxygen atoms in total. The normalized spacial score (nSPS) is 13.2. The molecule has 0 unspecified atom stereocenters. The molecule has 0 aromatic carbocycles. The molecule has 0 saturated heterocycles. The molecule has 0 saturated carbocycles. The van der Waals surface area contributed by atoms with Crippen molar-refractivity contribution in [2.75, 3.05) is 0 Å². The van der Waals surface area contributed by atoms with Gasteiger partial charge in [-0.2, -0.15) is 5.10 Å². The van der Waals surface area contributed by atoms with Crippen molar-refractivity contribution in [2.45, 2.75) is 52.7 Å². The lowest BCUT2D eigenvalue weighted by Crippen LogP contribution is -2.36. The Hall–Kier alpha value is -1.59. The molecular formula is C11H22N6. The number of aliphatic imine (C=N–C) groups is 1. The van der Waals surface area contributed by atoms with Gasteiger partial charge in [-0.25, -0.2) is 14.7 Å². The Morgan fingerprint density at radius 1 is 1.53 bits per heavy atom. The topological polar surface area (TPSA) is 81.1 Å². The summed E-state index contributed by atoms with van der Waals surface area (Å²) in [5.74, 6) is 1.24. The van der Waals surface area contributed by atoms with Crippen LogP contribution < -0.4 is 11.1 Å². The van der Waals surface area contributed by atoms with Crippen molar-refractivity contribution in [3.8, 4) is 0 Å². The monoisotopic (exact) mass is 238 g/mol. The second kappa shape index (κ2) is 5.16. The second-order valence-corrected chi connectivity index (χ2v) is 5.26. The molecule has 1 rings (SSSR count). The number of rotatable bonds is 3. The van der Waals surface area contributed by atoms with E-state index in [2.05, 4.69) is 41.2 Å². The second-order valence-electron chi connectivity index (χ2n) is 5.26. The summed E-state index contributed by atoms with van der Waals surface area (Å²) in [6, 6.07) is 0.277. The molecule has 3 N–H and O–H groups in total. The first-order chi connectivity index (χ1) is 7.80. The van der Waals surface area contributed by atoms with Gasteiger partial charge in [-0.1, -0.05) is 0 Å². The minimum Gasteiger partial charge on any atom is -0.370 e. The third kappa shape index (κ3) is 4.05. The highest BCUT2D eigenvalue weighted by atomic mass is 15.4. The van der Waals surface area contributed by atoms with Gasteiger partial charge in [-0.3, -0.25) is 0 Å². The molecule has 6 heteroatoms. The molecule has 1 aromatic rings. The first-order valence-electron chi connectivity index (χ1n) is 5.76. The van der Waals surface area contributed by atoms with Gasteiger partial charge in [0.2, 0.25) is 0 Å². The van der Waals surface area contributed by atoms with Crippen LogP contribution >= 0.6 is 0 Å². The average molecular weight is 238 g/mol. The number of aromatic nitrogens is 3. The minimum atomic E-state index is -0.0956. The van der Waals surface area contributed by atoms with E-state index < -0.39 is 0 Å². The van der Waals surface area contributed by atoms with Crippen molar-refractivity contribution in [3.63, 3.8) is 0 Å². The number of hydrogen-bond acceptors (Lipinski definition) is 3.